The molecule has 0 aliphatic heterocycles. The molecule has 0 atom stereocenters. The Kier molecular flexibility index (Phi) is 3.30. The van der Waals surface area contributed by atoms with Gasteiger partial charge >= 0.3 is 0 Å². The monoisotopic (exact) mass is 320 g/mol. The second-order valence-corrected chi connectivity index (χ2v) is 7.32. The summed E-state index contributed by atoms with van der Waals surface area (Å²) in [6.45, 7) is 6.60. The van der Waals surface area contributed by atoms with Crippen molar-refractivity contribution in [3.05, 3.63) is 48.2 Å². The van der Waals surface area contributed by atoms with E-state index in [9.17, 15) is 0 Å². The number of anilines is 2. The molecule has 122 valence electrons. The van der Waals surface area contributed by atoms with Crippen LogP contribution in [0.5, 0.6) is 0 Å². The van der Waals surface area contributed by atoms with Gasteiger partial charge in [-0.3, -0.25) is 5.10 Å². The van der Waals surface area contributed by atoms with E-state index in [0.29, 0.717) is 0 Å². The molecular formula is C19H20N4O. The van der Waals surface area contributed by atoms with Crippen LogP contribution < -0.4 is 5.32 Å². The molecule has 0 amide bonds. The molecule has 4 aromatic rings. The fourth-order valence-electron chi connectivity index (χ4n) is 2.89. The summed E-state index contributed by atoms with van der Waals surface area (Å²) in [5.74, 6) is 0.805. The summed E-state index contributed by atoms with van der Waals surface area (Å²) in [5, 5.41) is 17.1. The van der Waals surface area contributed by atoms with Gasteiger partial charge in [0.1, 0.15) is 0 Å². The number of para-hydroxylation sites is 1. The zero-order chi connectivity index (χ0) is 16.7. The van der Waals surface area contributed by atoms with Gasteiger partial charge in [-0.1, -0.05) is 38.1 Å². The van der Waals surface area contributed by atoms with Crippen molar-refractivity contribution in [3.63, 3.8) is 0 Å². The predicted octanol–water partition coefficient (Wildman–Crippen LogP) is 5.04. The van der Waals surface area contributed by atoms with Gasteiger partial charge in [-0.15, -0.1) is 0 Å². The Balaban J connectivity index is 1.66. The van der Waals surface area contributed by atoms with Gasteiger partial charge in [0.2, 0.25) is 0 Å². The third-order valence-electron chi connectivity index (χ3n) is 3.98. The number of hydrogen-bond acceptors (Lipinski definition) is 4. The molecule has 0 aliphatic rings. The number of fused-ring (bicyclic) bond motifs is 2. The predicted molar refractivity (Wildman–Crippen MR) is 96.5 cm³/mol. The Morgan fingerprint density at radius 2 is 1.92 bits per heavy atom. The first-order chi connectivity index (χ1) is 11.5. The molecule has 2 heterocycles. The average molecular weight is 320 g/mol. The fourth-order valence-corrected chi connectivity index (χ4v) is 2.89. The smallest absolute Gasteiger partial charge is 0.169 e. The Labute approximate surface area is 140 Å². The van der Waals surface area contributed by atoms with Crippen LogP contribution in [0.3, 0.4) is 0 Å². The number of nitrogens with one attached hydrogen (secondary N) is 2. The fraction of sp³-hybridized carbons (Fsp3) is 0.263. The van der Waals surface area contributed by atoms with E-state index < -0.39 is 0 Å². The van der Waals surface area contributed by atoms with Crippen LogP contribution in [0.1, 0.15) is 26.5 Å². The molecule has 0 radical (unpaired) electrons. The average Bonchev–Trinajstić information content (AvgIpc) is 3.11. The lowest BCUT2D eigenvalue weighted by atomic mass is 9.89. The summed E-state index contributed by atoms with van der Waals surface area (Å²) in [5.41, 5.74) is 3.91. The summed E-state index contributed by atoms with van der Waals surface area (Å²) < 4.78 is 5.52. The van der Waals surface area contributed by atoms with Gasteiger partial charge in [0.25, 0.3) is 0 Å². The minimum atomic E-state index is 0.175. The molecule has 0 bridgehead atoms. The molecule has 0 spiro atoms. The van der Waals surface area contributed by atoms with E-state index in [4.69, 9.17) is 4.52 Å². The SMILES string of the molecule is CC(C)(C)Cc1noc2cc(Nc3n[nH]c4ccccc34)ccc12. The van der Waals surface area contributed by atoms with Crippen LogP contribution in [-0.2, 0) is 6.42 Å². The van der Waals surface area contributed by atoms with Crippen LogP contribution in [0.15, 0.2) is 47.0 Å². The van der Waals surface area contributed by atoms with Crippen LogP contribution in [0.25, 0.3) is 21.9 Å². The van der Waals surface area contributed by atoms with Crippen LogP contribution in [0.4, 0.5) is 11.5 Å². The van der Waals surface area contributed by atoms with E-state index in [1.807, 2.05) is 36.4 Å². The molecule has 2 aromatic carbocycles. The summed E-state index contributed by atoms with van der Waals surface area (Å²) in [4.78, 5) is 0. The van der Waals surface area contributed by atoms with Crippen molar-refractivity contribution in [1.82, 2.24) is 15.4 Å². The molecule has 0 fully saturated rings. The Bertz CT molecular complexity index is 1010. The van der Waals surface area contributed by atoms with Crippen LogP contribution in [-0.4, -0.2) is 15.4 Å². The van der Waals surface area contributed by atoms with Crippen LogP contribution in [0, 0.1) is 5.41 Å². The lowest BCUT2D eigenvalue weighted by molar-refractivity contribution is 0.382. The van der Waals surface area contributed by atoms with Gasteiger partial charge in [0.15, 0.2) is 11.4 Å². The zero-order valence-corrected chi connectivity index (χ0v) is 14.1. The zero-order valence-electron chi connectivity index (χ0n) is 14.1. The normalized spacial score (nSPS) is 12.1. The quantitative estimate of drug-likeness (QED) is 0.555. The molecule has 4 rings (SSSR count). The number of nitrogens with zero attached hydrogens (tertiary/aromatic N) is 2. The molecule has 24 heavy (non-hydrogen) atoms. The summed E-state index contributed by atoms with van der Waals surface area (Å²) in [6.07, 6.45) is 0.886. The maximum atomic E-state index is 5.52. The van der Waals surface area contributed by atoms with Crippen molar-refractivity contribution in [2.75, 3.05) is 5.32 Å². The first kappa shape index (κ1) is 14.8. The van der Waals surface area contributed by atoms with E-state index in [1.165, 1.54) is 0 Å². The molecular weight excluding hydrogens is 300 g/mol. The first-order valence-corrected chi connectivity index (χ1v) is 8.08. The standard InChI is InChI=1S/C19H20N4O/c1-19(2,3)11-16-13-9-8-12(10-17(13)24-23-16)20-18-14-6-4-5-7-15(14)21-22-18/h4-10H,11H2,1-3H3,(H2,20,21,22). The molecule has 5 heteroatoms. The largest absolute Gasteiger partial charge is 0.356 e. The molecule has 5 nitrogen and oxygen atoms in total. The number of rotatable bonds is 3. The lowest BCUT2D eigenvalue weighted by Crippen LogP contribution is -2.09. The number of hydrogen-bond donors (Lipinski definition) is 2. The Hall–Kier alpha value is -2.82. The third kappa shape index (κ3) is 2.73. The van der Waals surface area contributed by atoms with Gasteiger partial charge in [-0.25, -0.2) is 0 Å². The summed E-state index contributed by atoms with van der Waals surface area (Å²) >= 11 is 0. The second-order valence-electron chi connectivity index (χ2n) is 7.32. The maximum absolute atomic E-state index is 5.52. The summed E-state index contributed by atoms with van der Waals surface area (Å²) in [7, 11) is 0. The van der Waals surface area contributed by atoms with Gasteiger partial charge < -0.3 is 9.84 Å². The third-order valence-corrected chi connectivity index (χ3v) is 3.98. The van der Waals surface area contributed by atoms with Gasteiger partial charge in [-0.05, 0) is 36.1 Å². The van der Waals surface area contributed by atoms with Crippen molar-refractivity contribution in [3.8, 4) is 0 Å². The second kappa shape index (κ2) is 5.37. The number of aromatic nitrogens is 3. The Morgan fingerprint density at radius 3 is 2.75 bits per heavy atom. The van der Waals surface area contributed by atoms with E-state index in [-0.39, 0.29) is 5.41 Å². The summed E-state index contributed by atoms with van der Waals surface area (Å²) in [6, 6.07) is 14.1. The van der Waals surface area contributed by atoms with E-state index >= 15 is 0 Å². The van der Waals surface area contributed by atoms with E-state index in [0.717, 1.165) is 45.5 Å². The van der Waals surface area contributed by atoms with Gasteiger partial charge in [-0.2, -0.15) is 5.10 Å². The van der Waals surface area contributed by atoms with Crippen molar-refractivity contribution in [1.29, 1.82) is 0 Å². The van der Waals surface area contributed by atoms with Gasteiger partial charge in [0.05, 0.1) is 11.2 Å². The highest BCUT2D eigenvalue weighted by molar-refractivity contribution is 5.92. The molecule has 0 unspecified atom stereocenters. The Morgan fingerprint density at radius 1 is 1.08 bits per heavy atom. The highest BCUT2D eigenvalue weighted by Gasteiger charge is 2.17. The molecule has 0 saturated carbocycles. The van der Waals surface area contributed by atoms with Crippen molar-refractivity contribution in [2.45, 2.75) is 27.2 Å². The number of benzene rings is 2. The van der Waals surface area contributed by atoms with Crippen LogP contribution in [0.2, 0.25) is 0 Å². The first-order valence-electron chi connectivity index (χ1n) is 8.08. The molecule has 0 aliphatic carbocycles. The minimum absolute atomic E-state index is 0.175. The number of H-pyrrole nitrogens is 1. The van der Waals surface area contributed by atoms with Crippen LogP contribution >= 0.6 is 0 Å². The van der Waals surface area contributed by atoms with Crippen molar-refractivity contribution in [2.24, 2.45) is 5.41 Å². The highest BCUT2D eigenvalue weighted by atomic mass is 16.5. The van der Waals surface area contributed by atoms with Gasteiger partial charge in [0, 0.05) is 22.5 Å². The minimum Gasteiger partial charge on any atom is -0.356 e. The van der Waals surface area contributed by atoms with Crippen molar-refractivity contribution >= 4 is 33.4 Å². The molecule has 0 saturated heterocycles. The highest BCUT2D eigenvalue weighted by Crippen LogP contribution is 2.30. The molecule has 2 aromatic heterocycles. The topological polar surface area (TPSA) is 66.7 Å². The van der Waals surface area contributed by atoms with Crippen molar-refractivity contribution < 1.29 is 4.52 Å². The van der Waals surface area contributed by atoms with E-state index in [1.54, 1.807) is 0 Å². The van der Waals surface area contributed by atoms with E-state index in [2.05, 4.69) is 47.5 Å². The lowest BCUT2D eigenvalue weighted by Gasteiger charge is -2.15. The number of aromatic amines is 1. The maximum Gasteiger partial charge on any atom is 0.169 e. The molecule has 2 N–H and O–H groups in total.